The third-order valence-corrected chi connectivity index (χ3v) is 8.71. The second-order valence-corrected chi connectivity index (χ2v) is 9.62. The summed E-state index contributed by atoms with van der Waals surface area (Å²) < 4.78 is 0. The molecular weight excluding hydrogens is 304 g/mol. The van der Waals surface area contributed by atoms with E-state index in [2.05, 4.69) is 48.6 Å². The molecule has 5 rings (SSSR count). The van der Waals surface area contributed by atoms with Crippen LogP contribution in [0.2, 0.25) is 0 Å². The number of hydrogen-bond donors (Lipinski definition) is 1. The van der Waals surface area contributed by atoms with Gasteiger partial charge in [-0.15, -0.1) is 0 Å². The van der Waals surface area contributed by atoms with Gasteiger partial charge >= 0.3 is 0 Å². The maximum absolute atomic E-state index is 4.40. The predicted molar refractivity (Wildman–Crippen MR) is 103 cm³/mol. The molecule has 0 amide bonds. The second kappa shape index (κ2) is 5.67. The molecule has 1 aromatic rings. The smallest absolute Gasteiger partial charge is 0.0343 e. The Bertz CT molecular complexity index is 681. The molecule has 1 N–H and O–H groups in total. The lowest BCUT2D eigenvalue weighted by molar-refractivity contribution is -0.0759. The van der Waals surface area contributed by atoms with E-state index in [-0.39, 0.29) is 0 Å². The lowest BCUT2D eigenvalue weighted by Crippen LogP contribution is -2.59. The van der Waals surface area contributed by atoms with Gasteiger partial charge in [-0.1, -0.05) is 26.0 Å². The van der Waals surface area contributed by atoms with E-state index in [0.717, 1.165) is 23.8 Å². The molecule has 6 atom stereocenters. The van der Waals surface area contributed by atoms with Gasteiger partial charge < -0.3 is 5.32 Å². The third kappa shape index (κ3) is 2.22. The zero-order chi connectivity index (χ0) is 17.1. The lowest BCUT2D eigenvalue weighted by atomic mass is 9.47. The monoisotopic (exact) mass is 336 g/mol. The molecule has 2 heterocycles. The molecule has 1 saturated heterocycles. The van der Waals surface area contributed by atoms with Crippen molar-refractivity contribution >= 4 is 5.57 Å². The summed E-state index contributed by atoms with van der Waals surface area (Å²) in [5.74, 6) is 2.70. The normalized spacial score (nSPS) is 45.9. The topological polar surface area (TPSA) is 24.9 Å². The Hall–Kier alpha value is -1.15. The maximum atomic E-state index is 4.40. The zero-order valence-electron chi connectivity index (χ0n) is 15.8. The van der Waals surface area contributed by atoms with Crippen molar-refractivity contribution in [1.82, 2.24) is 10.3 Å². The van der Waals surface area contributed by atoms with E-state index in [1.807, 2.05) is 6.20 Å². The highest BCUT2D eigenvalue weighted by atomic mass is 15.0. The van der Waals surface area contributed by atoms with Crippen LogP contribution >= 0.6 is 0 Å². The van der Waals surface area contributed by atoms with Gasteiger partial charge in [0.2, 0.25) is 0 Å². The van der Waals surface area contributed by atoms with Gasteiger partial charge in [0.1, 0.15) is 0 Å². The van der Waals surface area contributed by atoms with Gasteiger partial charge in [-0.3, -0.25) is 4.98 Å². The van der Waals surface area contributed by atoms with Crippen molar-refractivity contribution in [1.29, 1.82) is 0 Å². The first-order valence-corrected chi connectivity index (χ1v) is 10.5. The second-order valence-electron chi connectivity index (χ2n) is 9.62. The van der Waals surface area contributed by atoms with Gasteiger partial charge in [-0.2, -0.15) is 0 Å². The van der Waals surface area contributed by atoms with Crippen LogP contribution in [0.25, 0.3) is 5.57 Å². The quantitative estimate of drug-likeness (QED) is 0.774. The van der Waals surface area contributed by atoms with Crippen LogP contribution in [0, 0.1) is 28.6 Å². The Morgan fingerprint density at radius 3 is 2.88 bits per heavy atom. The molecule has 0 radical (unpaired) electrons. The number of hydrogen-bond acceptors (Lipinski definition) is 2. The van der Waals surface area contributed by atoms with Crippen molar-refractivity contribution < 1.29 is 0 Å². The Morgan fingerprint density at radius 1 is 1.12 bits per heavy atom. The number of aromatic nitrogens is 1. The molecule has 3 unspecified atom stereocenters. The van der Waals surface area contributed by atoms with Crippen molar-refractivity contribution in [3.05, 3.63) is 36.2 Å². The summed E-state index contributed by atoms with van der Waals surface area (Å²) in [6.45, 7) is 6.42. The molecule has 1 aromatic heterocycles. The van der Waals surface area contributed by atoms with Crippen molar-refractivity contribution in [3.63, 3.8) is 0 Å². The average Bonchev–Trinajstić information content (AvgIpc) is 2.99. The summed E-state index contributed by atoms with van der Waals surface area (Å²) in [6, 6.07) is 5.14. The highest BCUT2D eigenvalue weighted by molar-refractivity contribution is 5.72. The molecule has 2 saturated carbocycles. The zero-order valence-corrected chi connectivity index (χ0v) is 15.8. The minimum absolute atomic E-state index is 0.371. The maximum Gasteiger partial charge on any atom is 0.0343 e. The first-order valence-electron chi connectivity index (χ1n) is 10.5. The van der Waals surface area contributed by atoms with Crippen LogP contribution in [-0.4, -0.2) is 17.6 Å². The van der Waals surface area contributed by atoms with Gasteiger partial charge in [0.15, 0.2) is 0 Å². The van der Waals surface area contributed by atoms with Crippen LogP contribution in [-0.2, 0) is 0 Å². The van der Waals surface area contributed by atoms with Gasteiger partial charge in [0.05, 0.1) is 0 Å². The van der Waals surface area contributed by atoms with E-state index < -0.39 is 0 Å². The van der Waals surface area contributed by atoms with Crippen LogP contribution in [0.15, 0.2) is 30.6 Å². The molecule has 3 aliphatic carbocycles. The standard InChI is InChI=1S/C23H32N2/c1-22-12-10-20-17(6-9-21-23(20,2)11-4-14-25-21)19(22)8-7-18(22)16-5-3-13-24-15-16/h3,5,7,13,15,17,19-21,25H,4,6,8-12,14H2,1-2H3/t17-,19?,20?,21?,22+,23+/m0/s1. The summed E-state index contributed by atoms with van der Waals surface area (Å²) in [5.41, 5.74) is 3.87. The fraction of sp³-hybridized carbons (Fsp3) is 0.696. The molecule has 25 heavy (non-hydrogen) atoms. The van der Waals surface area contributed by atoms with Gasteiger partial charge in [-0.05, 0) is 97.3 Å². The van der Waals surface area contributed by atoms with E-state index in [1.165, 1.54) is 57.1 Å². The van der Waals surface area contributed by atoms with Crippen LogP contribution < -0.4 is 5.32 Å². The summed E-state index contributed by atoms with van der Waals surface area (Å²) >= 11 is 0. The summed E-state index contributed by atoms with van der Waals surface area (Å²) in [7, 11) is 0. The molecule has 1 aliphatic heterocycles. The number of rotatable bonds is 1. The molecule has 0 aromatic carbocycles. The number of fused-ring (bicyclic) bond motifs is 5. The number of piperidine rings is 1. The number of pyridine rings is 1. The first-order chi connectivity index (χ1) is 12.1. The van der Waals surface area contributed by atoms with E-state index in [9.17, 15) is 0 Å². The van der Waals surface area contributed by atoms with Gasteiger partial charge in [-0.25, -0.2) is 0 Å². The molecule has 2 nitrogen and oxygen atoms in total. The van der Waals surface area contributed by atoms with Crippen LogP contribution in [0.5, 0.6) is 0 Å². The van der Waals surface area contributed by atoms with E-state index in [0.29, 0.717) is 10.8 Å². The van der Waals surface area contributed by atoms with E-state index in [1.54, 1.807) is 5.57 Å². The lowest BCUT2D eigenvalue weighted by Gasteiger charge is -2.60. The fourth-order valence-electron chi connectivity index (χ4n) is 7.43. The molecule has 4 aliphatic rings. The highest BCUT2D eigenvalue weighted by Gasteiger charge is 2.58. The SMILES string of the molecule is C[C@]12CCCNC1CC[C@@H]1C2CC[C@]2(C)C(c3cccnc3)=CCC12. The number of allylic oxidation sites excluding steroid dienone is 2. The van der Waals surface area contributed by atoms with Crippen LogP contribution in [0.3, 0.4) is 0 Å². The van der Waals surface area contributed by atoms with E-state index >= 15 is 0 Å². The molecule has 0 spiro atoms. The fourth-order valence-corrected chi connectivity index (χ4v) is 7.43. The van der Waals surface area contributed by atoms with Crippen molar-refractivity contribution in [2.75, 3.05) is 6.54 Å². The average molecular weight is 337 g/mol. The number of nitrogens with one attached hydrogen (secondary N) is 1. The molecule has 134 valence electrons. The Kier molecular flexibility index (Phi) is 3.64. The Labute approximate surface area is 152 Å². The summed E-state index contributed by atoms with van der Waals surface area (Å²) in [5, 5.41) is 3.88. The van der Waals surface area contributed by atoms with Crippen molar-refractivity contribution in [2.45, 2.75) is 64.8 Å². The number of nitrogens with zero attached hydrogens (tertiary/aromatic N) is 1. The van der Waals surface area contributed by atoms with E-state index in [4.69, 9.17) is 0 Å². The van der Waals surface area contributed by atoms with Crippen LogP contribution in [0.1, 0.15) is 64.4 Å². The summed E-state index contributed by atoms with van der Waals surface area (Å²) in [4.78, 5) is 4.40. The minimum Gasteiger partial charge on any atom is -0.313 e. The molecule has 3 fully saturated rings. The largest absolute Gasteiger partial charge is 0.313 e. The van der Waals surface area contributed by atoms with Gasteiger partial charge in [0, 0.05) is 18.4 Å². The molecule has 0 bridgehead atoms. The highest BCUT2D eigenvalue weighted by Crippen LogP contribution is 2.65. The van der Waals surface area contributed by atoms with Crippen LogP contribution in [0.4, 0.5) is 0 Å². The first kappa shape index (κ1) is 16.1. The molecule has 2 heteroatoms. The summed E-state index contributed by atoms with van der Waals surface area (Å²) in [6.07, 6.45) is 16.3. The van der Waals surface area contributed by atoms with Crippen molar-refractivity contribution in [2.24, 2.45) is 28.6 Å². The Balaban J connectivity index is 1.46. The van der Waals surface area contributed by atoms with Gasteiger partial charge in [0.25, 0.3) is 0 Å². The Morgan fingerprint density at radius 2 is 2.04 bits per heavy atom. The minimum atomic E-state index is 0.371. The third-order valence-electron chi connectivity index (χ3n) is 8.71. The predicted octanol–water partition coefficient (Wildman–Crippen LogP) is 5.07. The van der Waals surface area contributed by atoms with Crippen molar-refractivity contribution in [3.8, 4) is 0 Å². The molecular formula is C23H32N2.